The highest BCUT2D eigenvalue weighted by molar-refractivity contribution is 6.01. The number of nitrogens with one attached hydrogen (secondary N) is 1. The predicted molar refractivity (Wildman–Crippen MR) is 86.7 cm³/mol. The number of H-pyrrole nitrogens is 1. The SMILES string of the molecule is CC(C)(C)c1ccc(-n2c(=O)[nH]c3c(C(N)=O)ncnc32)cc1. The average Bonchev–Trinajstić information content (AvgIpc) is 2.82. The van der Waals surface area contributed by atoms with E-state index < -0.39 is 11.6 Å². The Kier molecular flexibility index (Phi) is 3.28. The monoisotopic (exact) mass is 311 g/mol. The van der Waals surface area contributed by atoms with Crippen LogP contribution >= 0.6 is 0 Å². The number of aromatic nitrogens is 4. The van der Waals surface area contributed by atoms with Crippen molar-refractivity contribution in [2.24, 2.45) is 5.73 Å². The van der Waals surface area contributed by atoms with Crippen LogP contribution in [0.4, 0.5) is 0 Å². The Morgan fingerprint density at radius 3 is 2.39 bits per heavy atom. The third-order valence-corrected chi connectivity index (χ3v) is 3.70. The molecule has 23 heavy (non-hydrogen) atoms. The molecule has 7 heteroatoms. The number of hydrogen-bond acceptors (Lipinski definition) is 4. The standard InChI is InChI=1S/C16H17N5O2/c1-16(2,3)9-4-6-10(7-5-9)21-14-12(20-15(21)23)11(13(17)22)18-8-19-14/h4-8H,1-3H3,(H2,17,22)(H,20,23). The molecule has 3 aromatic rings. The van der Waals surface area contributed by atoms with Gasteiger partial charge in [0.1, 0.15) is 11.8 Å². The molecule has 3 N–H and O–H groups in total. The highest BCUT2D eigenvalue weighted by Crippen LogP contribution is 2.23. The van der Waals surface area contributed by atoms with Gasteiger partial charge in [-0.3, -0.25) is 4.79 Å². The van der Waals surface area contributed by atoms with E-state index in [0.717, 1.165) is 5.56 Å². The molecule has 0 aliphatic heterocycles. The van der Waals surface area contributed by atoms with Crippen LogP contribution in [0, 0.1) is 0 Å². The van der Waals surface area contributed by atoms with Gasteiger partial charge < -0.3 is 10.7 Å². The quantitative estimate of drug-likeness (QED) is 0.748. The van der Waals surface area contributed by atoms with Crippen molar-refractivity contribution in [3.63, 3.8) is 0 Å². The second-order valence-corrected chi connectivity index (χ2v) is 6.35. The second-order valence-electron chi connectivity index (χ2n) is 6.35. The van der Waals surface area contributed by atoms with Crippen molar-refractivity contribution in [2.75, 3.05) is 0 Å². The minimum absolute atomic E-state index is 0.00263. The summed E-state index contributed by atoms with van der Waals surface area (Å²) in [4.78, 5) is 34.3. The highest BCUT2D eigenvalue weighted by atomic mass is 16.2. The van der Waals surface area contributed by atoms with Gasteiger partial charge >= 0.3 is 5.69 Å². The van der Waals surface area contributed by atoms with Gasteiger partial charge in [0.15, 0.2) is 11.3 Å². The Balaban J connectivity index is 2.21. The molecule has 118 valence electrons. The number of aromatic amines is 1. The van der Waals surface area contributed by atoms with Gasteiger partial charge in [-0.15, -0.1) is 0 Å². The van der Waals surface area contributed by atoms with Crippen LogP contribution < -0.4 is 11.4 Å². The topological polar surface area (TPSA) is 107 Å². The Morgan fingerprint density at radius 1 is 1.17 bits per heavy atom. The number of primary amides is 1. The van der Waals surface area contributed by atoms with E-state index in [9.17, 15) is 9.59 Å². The minimum Gasteiger partial charge on any atom is -0.364 e. The highest BCUT2D eigenvalue weighted by Gasteiger charge is 2.18. The molecule has 0 fully saturated rings. The van der Waals surface area contributed by atoms with Crippen LogP contribution in [-0.4, -0.2) is 25.4 Å². The van der Waals surface area contributed by atoms with Gasteiger partial charge in [-0.05, 0) is 23.1 Å². The van der Waals surface area contributed by atoms with Gasteiger partial charge in [0, 0.05) is 0 Å². The smallest absolute Gasteiger partial charge is 0.332 e. The molecule has 0 atom stereocenters. The first-order valence-electron chi connectivity index (χ1n) is 7.15. The van der Waals surface area contributed by atoms with Crippen LogP contribution in [0.1, 0.15) is 36.8 Å². The van der Waals surface area contributed by atoms with E-state index in [-0.39, 0.29) is 16.6 Å². The number of hydrogen-bond donors (Lipinski definition) is 2. The van der Waals surface area contributed by atoms with Crippen molar-refractivity contribution >= 4 is 17.1 Å². The number of carbonyl (C=O) groups is 1. The van der Waals surface area contributed by atoms with E-state index in [1.54, 1.807) is 0 Å². The summed E-state index contributed by atoms with van der Waals surface area (Å²) in [6.07, 6.45) is 1.22. The number of nitrogens with two attached hydrogens (primary N) is 1. The Labute approximate surface area is 132 Å². The number of benzene rings is 1. The molecule has 2 aromatic heterocycles. The number of fused-ring (bicyclic) bond motifs is 1. The minimum atomic E-state index is -0.714. The fraction of sp³-hybridized carbons (Fsp3) is 0.250. The van der Waals surface area contributed by atoms with Crippen LogP contribution in [0.2, 0.25) is 0 Å². The molecule has 0 aliphatic rings. The second kappa shape index (κ2) is 5.05. The van der Waals surface area contributed by atoms with E-state index in [4.69, 9.17) is 5.73 Å². The zero-order valence-electron chi connectivity index (χ0n) is 13.1. The normalized spacial score (nSPS) is 11.8. The Bertz CT molecular complexity index is 945. The van der Waals surface area contributed by atoms with Crippen LogP contribution in [-0.2, 0) is 5.41 Å². The van der Waals surface area contributed by atoms with Gasteiger partial charge in [-0.1, -0.05) is 32.9 Å². The van der Waals surface area contributed by atoms with Crippen LogP contribution in [0.5, 0.6) is 0 Å². The van der Waals surface area contributed by atoms with Crippen molar-refractivity contribution in [1.82, 2.24) is 19.5 Å². The van der Waals surface area contributed by atoms with E-state index in [2.05, 4.69) is 35.7 Å². The number of amides is 1. The lowest BCUT2D eigenvalue weighted by molar-refractivity contribution is 0.0997. The summed E-state index contributed by atoms with van der Waals surface area (Å²) >= 11 is 0. The lowest BCUT2D eigenvalue weighted by Crippen LogP contribution is -2.16. The van der Waals surface area contributed by atoms with Crippen LogP contribution in [0.25, 0.3) is 16.9 Å². The molecule has 0 spiro atoms. The number of nitrogens with zero attached hydrogens (tertiary/aromatic N) is 3. The first-order chi connectivity index (χ1) is 10.8. The van der Waals surface area contributed by atoms with E-state index in [1.807, 2.05) is 24.3 Å². The average molecular weight is 311 g/mol. The zero-order valence-corrected chi connectivity index (χ0v) is 13.1. The number of rotatable bonds is 2. The largest absolute Gasteiger partial charge is 0.364 e. The molecule has 0 bridgehead atoms. The predicted octanol–water partition coefficient (Wildman–Crippen LogP) is 1.51. The van der Waals surface area contributed by atoms with Gasteiger partial charge in [0.05, 0.1) is 5.69 Å². The lowest BCUT2D eigenvalue weighted by atomic mass is 9.87. The Morgan fingerprint density at radius 2 is 1.83 bits per heavy atom. The lowest BCUT2D eigenvalue weighted by Gasteiger charge is -2.19. The van der Waals surface area contributed by atoms with Crippen molar-refractivity contribution in [3.05, 3.63) is 52.3 Å². The third kappa shape index (κ3) is 2.50. The summed E-state index contributed by atoms with van der Waals surface area (Å²) in [6.45, 7) is 6.35. The molecule has 7 nitrogen and oxygen atoms in total. The molecule has 0 saturated heterocycles. The fourth-order valence-corrected chi connectivity index (χ4v) is 2.46. The first kappa shape index (κ1) is 15.0. The summed E-state index contributed by atoms with van der Waals surface area (Å²) in [5.74, 6) is -0.714. The van der Waals surface area contributed by atoms with Crippen molar-refractivity contribution in [2.45, 2.75) is 26.2 Å². The van der Waals surface area contributed by atoms with Gasteiger partial charge in [0.25, 0.3) is 5.91 Å². The maximum Gasteiger partial charge on any atom is 0.332 e. The molecule has 1 aromatic carbocycles. The maximum atomic E-state index is 12.3. The molecular weight excluding hydrogens is 294 g/mol. The maximum absolute atomic E-state index is 12.3. The zero-order chi connectivity index (χ0) is 16.8. The summed E-state index contributed by atoms with van der Waals surface area (Å²) in [7, 11) is 0. The number of imidazole rings is 1. The molecule has 0 aliphatic carbocycles. The van der Waals surface area contributed by atoms with E-state index >= 15 is 0 Å². The van der Waals surface area contributed by atoms with Gasteiger partial charge in [-0.2, -0.15) is 0 Å². The van der Waals surface area contributed by atoms with Crippen molar-refractivity contribution < 1.29 is 4.79 Å². The summed E-state index contributed by atoms with van der Waals surface area (Å²) in [5.41, 5.74) is 7.28. The van der Waals surface area contributed by atoms with Crippen molar-refractivity contribution in [1.29, 1.82) is 0 Å². The Hall–Kier alpha value is -2.96. The summed E-state index contributed by atoms with van der Waals surface area (Å²) in [5, 5.41) is 0. The van der Waals surface area contributed by atoms with Gasteiger partial charge in [0.2, 0.25) is 0 Å². The molecule has 1 amide bonds. The molecule has 0 unspecified atom stereocenters. The van der Waals surface area contributed by atoms with Gasteiger partial charge in [-0.25, -0.2) is 19.3 Å². The van der Waals surface area contributed by atoms with E-state index in [1.165, 1.54) is 10.9 Å². The molecule has 3 rings (SSSR count). The van der Waals surface area contributed by atoms with Crippen LogP contribution in [0.15, 0.2) is 35.4 Å². The summed E-state index contributed by atoms with van der Waals surface area (Å²) in [6, 6.07) is 7.64. The first-order valence-corrected chi connectivity index (χ1v) is 7.15. The molecule has 0 radical (unpaired) electrons. The summed E-state index contributed by atoms with van der Waals surface area (Å²) < 4.78 is 1.40. The molecule has 2 heterocycles. The third-order valence-electron chi connectivity index (χ3n) is 3.70. The molecule has 0 saturated carbocycles. The molecular formula is C16H17N5O2. The fourth-order valence-electron chi connectivity index (χ4n) is 2.46. The van der Waals surface area contributed by atoms with E-state index in [0.29, 0.717) is 11.3 Å². The van der Waals surface area contributed by atoms with Crippen molar-refractivity contribution in [3.8, 4) is 5.69 Å². The van der Waals surface area contributed by atoms with Crippen LogP contribution in [0.3, 0.4) is 0 Å². The number of carbonyl (C=O) groups excluding carboxylic acids is 1.